The fourth-order valence-corrected chi connectivity index (χ4v) is 1.71. The topological polar surface area (TPSA) is 38.3 Å². The van der Waals surface area contributed by atoms with Gasteiger partial charge in [-0.3, -0.25) is 4.79 Å². The molecule has 0 radical (unpaired) electrons. The fourth-order valence-electron chi connectivity index (χ4n) is 1.45. The molecule has 0 aliphatic rings. The van der Waals surface area contributed by atoms with Crippen LogP contribution in [0.5, 0.6) is 5.75 Å². The SMILES string of the molecule is O=C(COc1ccc(F)c(F)c1)Nc1ccc(Br)cc1. The monoisotopic (exact) mass is 341 g/mol. The first kappa shape index (κ1) is 14.5. The van der Waals surface area contributed by atoms with Crippen molar-refractivity contribution in [1.82, 2.24) is 0 Å². The van der Waals surface area contributed by atoms with Gasteiger partial charge in [0.05, 0.1) is 0 Å². The zero-order chi connectivity index (χ0) is 14.5. The highest BCUT2D eigenvalue weighted by Crippen LogP contribution is 2.16. The van der Waals surface area contributed by atoms with E-state index in [-0.39, 0.29) is 12.4 Å². The third-order valence-electron chi connectivity index (χ3n) is 2.39. The van der Waals surface area contributed by atoms with E-state index in [2.05, 4.69) is 21.2 Å². The molecule has 0 saturated carbocycles. The Hall–Kier alpha value is -1.95. The molecule has 1 N–H and O–H groups in total. The highest BCUT2D eigenvalue weighted by atomic mass is 79.9. The molecule has 20 heavy (non-hydrogen) atoms. The minimum atomic E-state index is -1.02. The van der Waals surface area contributed by atoms with E-state index in [9.17, 15) is 13.6 Å². The van der Waals surface area contributed by atoms with E-state index in [1.165, 1.54) is 6.07 Å². The lowest BCUT2D eigenvalue weighted by Gasteiger charge is -2.07. The number of halogens is 3. The summed E-state index contributed by atoms with van der Waals surface area (Å²) in [6.45, 7) is -0.291. The minimum Gasteiger partial charge on any atom is -0.484 e. The molecule has 3 nitrogen and oxygen atoms in total. The van der Waals surface area contributed by atoms with Gasteiger partial charge < -0.3 is 10.1 Å². The number of anilines is 1. The summed E-state index contributed by atoms with van der Waals surface area (Å²) in [4.78, 5) is 11.6. The van der Waals surface area contributed by atoms with Crippen molar-refractivity contribution in [2.75, 3.05) is 11.9 Å². The number of hydrogen-bond acceptors (Lipinski definition) is 2. The van der Waals surface area contributed by atoms with Crippen LogP contribution in [0.25, 0.3) is 0 Å². The zero-order valence-corrected chi connectivity index (χ0v) is 11.8. The molecule has 0 aliphatic heterocycles. The van der Waals surface area contributed by atoms with Crippen LogP contribution in [0.15, 0.2) is 46.9 Å². The van der Waals surface area contributed by atoms with Crippen LogP contribution in [0, 0.1) is 11.6 Å². The maximum atomic E-state index is 12.9. The van der Waals surface area contributed by atoms with E-state index in [4.69, 9.17) is 4.74 Å². The van der Waals surface area contributed by atoms with E-state index in [0.717, 1.165) is 16.6 Å². The number of hydrogen-bond donors (Lipinski definition) is 1. The summed E-state index contributed by atoms with van der Waals surface area (Å²) in [7, 11) is 0. The van der Waals surface area contributed by atoms with Crippen LogP contribution in [-0.4, -0.2) is 12.5 Å². The van der Waals surface area contributed by atoms with Gasteiger partial charge in [0, 0.05) is 16.2 Å². The Bertz CT molecular complexity index is 617. The van der Waals surface area contributed by atoms with Gasteiger partial charge in [0.1, 0.15) is 5.75 Å². The Morgan fingerprint density at radius 1 is 1.10 bits per heavy atom. The molecule has 0 aromatic heterocycles. The molecule has 0 fully saturated rings. The molecule has 2 aromatic rings. The number of rotatable bonds is 4. The lowest BCUT2D eigenvalue weighted by atomic mass is 10.3. The summed E-state index contributed by atoms with van der Waals surface area (Å²) in [5.41, 5.74) is 0.618. The van der Waals surface area contributed by atoms with Crippen LogP contribution in [-0.2, 0) is 4.79 Å². The molecule has 2 rings (SSSR count). The Morgan fingerprint density at radius 3 is 2.45 bits per heavy atom. The Morgan fingerprint density at radius 2 is 1.80 bits per heavy atom. The molecule has 0 heterocycles. The van der Waals surface area contributed by atoms with Crippen molar-refractivity contribution >= 4 is 27.5 Å². The smallest absolute Gasteiger partial charge is 0.262 e. The normalized spacial score (nSPS) is 10.2. The van der Waals surface area contributed by atoms with E-state index in [1.54, 1.807) is 24.3 Å². The van der Waals surface area contributed by atoms with Gasteiger partial charge in [-0.05, 0) is 36.4 Å². The van der Waals surface area contributed by atoms with Crippen molar-refractivity contribution in [1.29, 1.82) is 0 Å². The van der Waals surface area contributed by atoms with E-state index in [0.29, 0.717) is 5.69 Å². The molecule has 0 aliphatic carbocycles. The average Bonchev–Trinajstić information content (AvgIpc) is 2.43. The summed E-state index contributed by atoms with van der Waals surface area (Å²) >= 11 is 3.28. The highest BCUT2D eigenvalue weighted by molar-refractivity contribution is 9.10. The number of carbonyl (C=O) groups is 1. The Labute approximate surface area is 122 Å². The number of nitrogens with one attached hydrogen (secondary N) is 1. The van der Waals surface area contributed by atoms with Gasteiger partial charge in [-0.2, -0.15) is 0 Å². The lowest BCUT2D eigenvalue weighted by molar-refractivity contribution is -0.118. The zero-order valence-electron chi connectivity index (χ0n) is 10.2. The van der Waals surface area contributed by atoms with E-state index >= 15 is 0 Å². The maximum Gasteiger partial charge on any atom is 0.262 e. The van der Waals surface area contributed by atoms with Crippen molar-refractivity contribution < 1.29 is 18.3 Å². The van der Waals surface area contributed by atoms with Gasteiger partial charge in [0.25, 0.3) is 5.91 Å². The number of carbonyl (C=O) groups excluding carboxylic acids is 1. The second-order valence-electron chi connectivity index (χ2n) is 3.92. The quantitative estimate of drug-likeness (QED) is 0.919. The highest BCUT2D eigenvalue weighted by Gasteiger charge is 2.06. The summed E-state index contributed by atoms with van der Waals surface area (Å²) in [6, 6.07) is 10.1. The molecular weight excluding hydrogens is 332 g/mol. The molecule has 2 aromatic carbocycles. The van der Waals surface area contributed by atoms with Crippen LogP contribution < -0.4 is 10.1 Å². The second kappa shape index (κ2) is 6.47. The summed E-state index contributed by atoms with van der Waals surface area (Å²) < 4.78 is 31.6. The molecule has 0 bridgehead atoms. The number of amides is 1. The van der Waals surface area contributed by atoms with Crippen LogP contribution in [0.3, 0.4) is 0 Å². The lowest BCUT2D eigenvalue weighted by Crippen LogP contribution is -2.20. The molecule has 1 amide bonds. The summed E-state index contributed by atoms with van der Waals surface area (Å²) in [6.07, 6.45) is 0. The standard InChI is InChI=1S/C14H10BrF2NO2/c15-9-1-3-10(4-2-9)18-14(19)8-20-11-5-6-12(16)13(17)7-11/h1-7H,8H2,(H,18,19). The molecule has 6 heteroatoms. The molecule has 0 saturated heterocycles. The van der Waals surface area contributed by atoms with Gasteiger partial charge in [0.15, 0.2) is 18.2 Å². The predicted molar refractivity (Wildman–Crippen MR) is 74.6 cm³/mol. The fraction of sp³-hybridized carbons (Fsp3) is 0.0714. The predicted octanol–water partition coefficient (Wildman–Crippen LogP) is 3.74. The van der Waals surface area contributed by atoms with Crippen LogP contribution in [0.2, 0.25) is 0 Å². The first-order chi connectivity index (χ1) is 9.54. The molecule has 0 unspecified atom stereocenters. The Kier molecular flexibility index (Phi) is 4.68. The molecule has 0 atom stereocenters. The molecule has 0 spiro atoms. The van der Waals surface area contributed by atoms with Gasteiger partial charge in [-0.1, -0.05) is 15.9 Å². The van der Waals surface area contributed by atoms with Gasteiger partial charge in [-0.25, -0.2) is 8.78 Å². The van der Waals surface area contributed by atoms with Crippen LogP contribution in [0.1, 0.15) is 0 Å². The minimum absolute atomic E-state index is 0.0925. The summed E-state index contributed by atoms with van der Waals surface area (Å²) in [5, 5.41) is 2.61. The average molecular weight is 342 g/mol. The van der Waals surface area contributed by atoms with Gasteiger partial charge >= 0.3 is 0 Å². The Balaban J connectivity index is 1.88. The van der Waals surface area contributed by atoms with Crippen LogP contribution in [0.4, 0.5) is 14.5 Å². The maximum absolute atomic E-state index is 12.9. The molecule has 104 valence electrons. The molecular formula is C14H10BrF2NO2. The van der Waals surface area contributed by atoms with Crippen molar-refractivity contribution in [3.05, 3.63) is 58.6 Å². The second-order valence-corrected chi connectivity index (χ2v) is 4.84. The van der Waals surface area contributed by atoms with Gasteiger partial charge in [0.2, 0.25) is 0 Å². The number of ether oxygens (including phenoxy) is 1. The third-order valence-corrected chi connectivity index (χ3v) is 2.92. The van der Waals surface area contributed by atoms with Crippen molar-refractivity contribution in [3.63, 3.8) is 0 Å². The van der Waals surface area contributed by atoms with Crippen molar-refractivity contribution in [2.24, 2.45) is 0 Å². The third kappa shape index (κ3) is 4.03. The van der Waals surface area contributed by atoms with E-state index in [1.807, 2.05) is 0 Å². The van der Waals surface area contributed by atoms with E-state index < -0.39 is 17.5 Å². The van der Waals surface area contributed by atoms with Crippen LogP contribution >= 0.6 is 15.9 Å². The van der Waals surface area contributed by atoms with Crippen molar-refractivity contribution in [2.45, 2.75) is 0 Å². The first-order valence-corrected chi connectivity index (χ1v) is 6.47. The van der Waals surface area contributed by atoms with Crippen molar-refractivity contribution in [3.8, 4) is 5.75 Å². The first-order valence-electron chi connectivity index (χ1n) is 5.68. The number of benzene rings is 2. The summed E-state index contributed by atoms with van der Waals surface area (Å²) in [5.74, 6) is -2.28. The largest absolute Gasteiger partial charge is 0.484 e. The van der Waals surface area contributed by atoms with Gasteiger partial charge in [-0.15, -0.1) is 0 Å².